The highest BCUT2D eigenvalue weighted by Crippen LogP contribution is 2.29. The van der Waals surface area contributed by atoms with Crippen molar-refractivity contribution in [3.05, 3.63) is 49.5 Å². The van der Waals surface area contributed by atoms with Crippen LogP contribution in [0.5, 0.6) is 5.75 Å². The Bertz CT molecular complexity index is 691. The molecule has 1 aromatic carbocycles. The zero-order valence-corrected chi connectivity index (χ0v) is 12.1. The van der Waals surface area contributed by atoms with E-state index in [1.165, 1.54) is 17.4 Å². The summed E-state index contributed by atoms with van der Waals surface area (Å²) in [6, 6.07) is 3.44. The maximum atomic E-state index is 10.9. The number of nitro benzene ring substituents is 1. The summed E-state index contributed by atoms with van der Waals surface area (Å²) in [5.41, 5.74) is 0.541. The lowest BCUT2D eigenvalue weighted by atomic mass is 10.2. The Morgan fingerprint density at radius 3 is 2.71 bits per heavy atom. The molecule has 0 atom stereocenters. The Kier molecular flexibility index (Phi) is 4.18. The fourth-order valence-electron chi connectivity index (χ4n) is 1.65. The van der Waals surface area contributed by atoms with Gasteiger partial charge >= 0.3 is 11.7 Å². The Labute approximate surface area is 124 Å². The van der Waals surface area contributed by atoms with E-state index in [1.807, 2.05) is 13.8 Å². The van der Waals surface area contributed by atoms with Crippen LogP contribution < -0.4 is 4.74 Å². The molecule has 0 aliphatic heterocycles. The molecule has 0 aliphatic rings. The van der Waals surface area contributed by atoms with Crippen LogP contribution in [0.25, 0.3) is 0 Å². The molecule has 1 heterocycles. The molecule has 8 heteroatoms. The van der Waals surface area contributed by atoms with Gasteiger partial charge in [0, 0.05) is 17.0 Å². The Morgan fingerprint density at radius 2 is 2.19 bits per heavy atom. The van der Waals surface area contributed by atoms with Crippen LogP contribution in [0.4, 0.5) is 5.69 Å². The fourth-order valence-corrected chi connectivity index (χ4v) is 2.50. The standard InChI is InChI=1S/C13H12N2O5S/c1-7-8(2)21-12(14-7)6-20-11-5-9(13(16)17)3-4-10(11)15(18)19/h3-5H,6H2,1-2H3,(H,16,17). The van der Waals surface area contributed by atoms with Crippen molar-refractivity contribution >= 4 is 23.0 Å². The van der Waals surface area contributed by atoms with Gasteiger partial charge in [-0.1, -0.05) is 0 Å². The van der Waals surface area contributed by atoms with E-state index in [4.69, 9.17) is 9.84 Å². The van der Waals surface area contributed by atoms with Gasteiger partial charge in [-0.3, -0.25) is 10.1 Å². The number of aromatic nitrogens is 1. The summed E-state index contributed by atoms with van der Waals surface area (Å²) in [4.78, 5) is 26.6. The van der Waals surface area contributed by atoms with Crippen LogP contribution in [0, 0.1) is 24.0 Å². The maximum absolute atomic E-state index is 10.9. The Balaban J connectivity index is 2.26. The average Bonchev–Trinajstić information content (AvgIpc) is 2.75. The van der Waals surface area contributed by atoms with E-state index in [0.29, 0.717) is 5.01 Å². The van der Waals surface area contributed by atoms with Gasteiger partial charge in [0.15, 0.2) is 5.75 Å². The number of hydrogen-bond donors (Lipinski definition) is 1. The number of nitrogens with zero attached hydrogens (tertiary/aromatic N) is 2. The number of rotatable bonds is 5. The minimum atomic E-state index is -1.17. The minimum absolute atomic E-state index is 0.0588. The van der Waals surface area contributed by atoms with Gasteiger partial charge in [-0.05, 0) is 19.9 Å². The smallest absolute Gasteiger partial charge is 0.335 e. The third-order valence-corrected chi connectivity index (χ3v) is 3.87. The van der Waals surface area contributed by atoms with Crippen molar-refractivity contribution in [1.29, 1.82) is 0 Å². The number of benzene rings is 1. The highest BCUT2D eigenvalue weighted by atomic mass is 32.1. The van der Waals surface area contributed by atoms with E-state index >= 15 is 0 Å². The van der Waals surface area contributed by atoms with Gasteiger partial charge in [-0.15, -0.1) is 11.3 Å². The largest absolute Gasteiger partial charge is 0.479 e. The third kappa shape index (κ3) is 3.34. The van der Waals surface area contributed by atoms with Crippen LogP contribution in [0.1, 0.15) is 25.9 Å². The number of carboxylic acid groups (broad SMARTS) is 1. The first-order valence-electron chi connectivity index (χ1n) is 5.96. The maximum Gasteiger partial charge on any atom is 0.335 e. The molecule has 2 aromatic rings. The fraction of sp³-hybridized carbons (Fsp3) is 0.231. The highest BCUT2D eigenvalue weighted by molar-refractivity contribution is 7.11. The summed E-state index contributed by atoms with van der Waals surface area (Å²) >= 11 is 1.44. The molecule has 0 saturated carbocycles. The minimum Gasteiger partial charge on any atom is -0.479 e. The molecule has 110 valence electrons. The highest BCUT2D eigenvalue weighted by Gasteiger charge is 2.18. The summed E-state index contributed by atoms with van der Waals surface area (Å²) < 4.78 is 5.39. The van der Waals surface area contributed by atoms with E-state index < -0.39 is 10.9 Å². The second kappa shape index (κ2) is 5.88. The number of ether oxygens (including phenoxy) is 1. The first kappa shape index (κ1) is 14.9. The number of thiazole rings is 1. The van der Waals surface area contributed by atoms with E-state index in [-0.39, 0.29) is 23.6 Å². The monoisotopic (exact) mass is 308 g/mol. The lowest BCUT2D eigenvalue weighted by Gasteiger charge is -2.06. The van der Waals surface area contributed by atoms with Gasteiger partial charge in [-0.25, -0.2) is 9.78 Å². The number of carboxylic acids is 1. The van der Waals surface area contributed by atoms with Crippen LogP contribution in [0.15, 0.2) is 18.2 Å². The predicted molar refractivity (Wildman–Crippen MR) is 76.0 cm³/mol. The number of hydrogen-bond acceptors (Lipinski definition) is 6. The first-order chi connectivity index (χ1) is 9.88. The van der Waals surface area contributed by atoms with Crippen LogP contribution in [-0.4, -0.2) is 21.0 Å². The van der Waals surface area contributed by atoms with Gasteiger partial charge in [0.2, 0.25) is 0 Å². The van der Waals surface area contributed by atoms with E-state index in [2.05, 4.69) is 4.98 Å². The van der Waals surface area contributed by atoms with Gasteiger partial charge in [0.1, 0.15) is 11.6 Å². The zero-order valence-electron chi connectivity index (χ0n) is 11.3. The topological polar surface area (TPSA) is 103 Å². The Hall–Kier alpha value is -2.48. The van der Waals surface area contributed by atoms with E-state index in [0.717, 1.165) is 22.7 Å². The summed E-state index contributed by atoms with van der Waals surface area (Å²) in [5.74, 6) is -1.25. The Morgan fingerprint density at radius 1 is 1.48 bits per heavy atom. The summed E-state index contributed by atoms with van der Waals surface area (Å²) in [6.07, 6.45) is 0. The van der Waals surface area contributed by atoms with Gasteiger partial charge in [-0.2, -0.15) is 0 Å². The van der Waals surface area contributed by atoms with Crippen molar-refractivity contribution in [1.82, 2.24) is 4.98 Å². The summed E-state index contributed by atoms with van der Waals surface area (Å²) in [5, 5.41) is 20.5. The van der Waals surface area contributed by atoms with Crippen LogP contribution in [-0.2, 0) is 6.61 Å². The van der Waals surface area contributed by atoms with Crippen molar-refractivity contribution < 1.29 is 19.6 Å². The van der Waals surface area contributed by atoms with Crippen molar-refractivity contribution in [2.24, 2.45) is 0 Å². The molecule has 0 saturated heterocycles. The van der Waals surface area contributed by atoms with Gasteiger partial charge in [0.25, 0.3) is 0 Å². The molecule has 0 spiro atoms. The second-order valence-corrected chi connectivity index (χ2v) is 5.57. The number of nitro groups is 1. The molecule has 0 radical (unpaired) electrons. The van der Waals surface area contributed by atoms with Crippen LogP contribution in [0.2, 0.25) is 0 Å². The van der Waals surface area contributed by atoms with Gasteiger partial charge in [0.05, 0.1) is 16.2 Å². The number of aromatic carboxylic acids is 1. The molecule has 0 amide bonds. The SMILES string of the molecule is Cc1nc(COc2cc(C(=O)O)ccc2[N+](=O)[O-])sc1C. The van der Waals surface area contributed by atoms with E-state index in [1.54, 1.807) is 0 Å². The van der Waals surface area contributed by atoms with Crippen LogP contribution >= 0.6 is 11.3 Å². The lowest BCUT2D eigenvalue weighted by Crippen LogP contribution is -2.02. The average molecular weight is 308 g/mol. The van der Waals surface area contributed by atoms with Crippen molar-refractivity contribution in [3.8, 4) is 5.75 Å². The first-order valence-corrected chi connectivity index (χ1v) is 6.77. The summed E-state index contributed by atoms with van der Waals surface area (Å²) in [6.45, 7) is 3.84. The third-order valence-electron chi connectivity index (χ3n) is 2.83. The molecular weight excluding hydrogens is 296 g/mol. The molecule has 0 aliphatic carbocycles. The van der Waals surface area contributed by atoms with Gasteiger partial charge < -0.3 is 9.84 Å². The molecule has 21 heavy (non-hydrogen) atoms. The van der Waals surface area contributed by atoms with Crippen molar-refractivity contribution in [2.75, 3.05) is 0 Å². The molecule has 2 rings (SSSR count). The predicted octanol–water partition coefficient (Wildman–Crippen LogP) is 2.95. The number of carbonyl (C=O) groups is 1. The summed E-state index contributed by atoms with van der Waals surface area (Å²) in [7, 11) is 0. The molecule has 1 aromatic heterocycles. The van der Waals surface area contributed by atoms with Crippen molar-refractivity contribution in [3.63, 3.8) is 0 Å². The molecule has 7 nitrogen and oxygen atoms in total. The van der Waals surface area contributed by atoms with E-state index in [9.17, 15) is 14.9 Å². The lowest BCUT2D eigenvalue weighted by molar-refractivity contribution is -0.385. The molecule has 0 unspecified atom stereocenters. The van der Waals surface area contributed by atoms with Crippen molar-refractivity contribution in [2.45, 2.75) is 20.5 Å². The number of aryl methyl sites for hydroxylation is 2. The molecule has 0 fully saturated rings. The molecular formula is C13H12N2O5S. The molecule has 0 bridgehead atoms. The second-order valence-electron chi connectivity index (χ2n) is 4.28. The molecule has 1 N–H and O–H groups in total. The zero-order chi connectivity index (χ0) is 15.6. The quantitative estimate of drug-likeness (QED) is 0.673. The normalized spacial score (nSPS) is 10.4. The van der Waals surface area contributed by atoms with Crippen LogP contribution in [0.3, 0.4) is 0 Å².